The van der Waals surface area contributed by atoms with E-state index in [2.05, 4.69) is 60.7 Å². The molecule has 2 rings (SSSR count). The molecule has 0 radical (unpaired) electrons. The van der Waals surface area contributed by atoms with Gasteiger partial charge in [0.2, 0.25) is 0 Å². The van der Waals surface area contributed by atoms with E-state index in [1.54, 1.807) is 0 Å². The quantitative estimate of drug-likeness (QED) is 0.821. The normalized spacial score (nSPS) is 8.53. The van der Waals surface area contributed by atoms with Crippen molar-refractivity contribution in [1.29, 1.82) is 0 Å². The van der Waals surface area contributed by atoms with E-state index < -0.39 is 0 Å². The summed E-state index contributed by atoms with van der Waals surface area (Å²) >= 11 is 0. The van der Waals surface area contributed by atoms with E-state index in [-0.39, 0.29) is 18.6 Å². The molecule has 3 N–H and O–H groups in total. The Kier molecular flexibility index (Phi) is 6.43. The van der Waals surface area contributed by atoms with Crippen molar-refractivity contribution in [2.24, 2.45) is 0 Å². The molecule has 0 heterocycles. The van der Waals surface area contributed by atoms with Crippen LogP contribution in [-0.4, -0.2) is 0 Å². The lowest BCUT2D eigenvalue weighted by atomic mass is 10.1. The summed E-state index contributed by atoms with van der Waals surface area (Å²) in [7, 11) is 0. The van der Waals surface area contributed by atoms with E-state index in [0.29, 0.717) is 0 Å². The molecule has 2 aromatic rings. The Balaban J connectivity index is 0.000000980. The molecular formula is C13H16ClN. The van der Waals surface area contributed by atoms with Crippen LogP contribution in [0.2, 0.25) is 0 Å². The fourth-order valence-electron chi connectivity index (χ4n) is 1.43. The van der Waals surface area contributed by atoms with Crippen LogP contribution in [0, 0.1) is 0 Å². The SMILES string of the molecule is Cl.N.c1ccc(Cc2ccccc2)cc1. The molecule has 1 nitrogen and oxygen atoms in total. The molecule has 0 amide bonds. The molecule has 0 aliphatic carbocycles. The van der Waals surface area contributed by atoms with Crippen LogP contribution in [0.5, 0.6) is 0 Å². The molecule has 0 fully saturated rings. The molecule has 0 bridgehead atoms. The van der Waals surface area contributed by atoms with Crippen molar-refractivity contribution in [2.75, 3.05) is 0 Å². The minimum Gasteiger partial charge on any atom is -0.344 e. The van der Waals surface area contributed by atoms with Crippen molar-refractivity contribution < 1.29 is 0 Å². The van der Waals surface area contributed by atoms with Gasteiger partial charge in [-0.3, -0.25) is 0 Å². The first-order chi connectivity index (χ1) is 6.45. The summed E-state index contributed by atoms with van der Waals surface area (Å²) in [6.45, 7) is 0. The van der Waals surface area contributed by atoms with Gasteiger partial charge in [0.15, 0.2) is 0 Å². The van der Waals surface area contributed by atoms with Crippen molar-refractivity contribution in [3.05, 3.63) is 71.8 Å². The van der Waals surface area contributed by atoms with Crippen LogP contribution in [0.3, 0.4) is 0 Å². The summed E-state index contributed by atoms with van der Waals surface area (Å²) in [5.41, 5.74) is 2.74. The Labute approximate surface area is 97.1 Å². The maximum absolute atomic E-state index is 2.16. The van der Waals surface area contributed by atoms with Crippen LogP contribution in [0.25, 0.3) is 0 Å². The summed E-state index contributed by atoms with van der Waals surface area (Å²) in [6.07, 6.45) is 1.03. The van der Waals surface area contributed by atoms with Gasteiger partial charge in [0.1, 0.15) is 0 Å². The highest BCUT2D eigenvalue weighted by Crippen LogP contribution is 2.07. The average Bonchev–Trinajstić information content (AvgIpc) is 2.21. The monoisotopic (exact) mass is 221 g/mol. The van der Waals surface area contributed by atoms with Gasteiger partial charge in [-0.25, -0.2) is 0 Å². The van der Waals surface area contributed by atoms with Gasteiger partial charge in [-0.2, -0.15) is 0 Å². The van der Waals surface area contributed by atoms with E-state index >= 15 is 0 Å². The predicted octanol–water partition coefficient (Wildman–Crippen LogP) is 3.86. The molecule has 0 aliphatic rings. The Morgan fingerprint density at radius 1 is 0.600 bits per heavy atom. The summed E-state index contributed by atoms with van der Waals surface area (Å²) in [4.78, 5) is 0. The third-order valence-electron chi connectivity index (χ3n) is 2.09. The second-order valence-electron chi connectivity index (χ2n) is 3.15. The molecule has 80 valence electrons. The maximum atomic E-state index is 2.16. The zero-order chi connectivity index (χ0) is 8.93. The van der Waals surface area contributed by atoms with Gasteiger partial charge in [0, 0.05) is 0 Å². The average molecular weight is 222 g/mol. The third kappa shape index (κ3) is 4.15. The number of rotatable bonds is 2. The summed E-state index contributed by atoms with van der Waals surface area (Å²) in [6, 6.07) is 21.1. The molecule has 0 unspecified atom stereocenters. The first-order valence-electron chi connectivity index (χ1n) is 4.53. The van der Waals surface area contributed by atoms with Crippen molar-refractivity contribution in [1.82, 2.24) is 6.15 Å². The van der Waals surface area contributed by atoms with E-state index in [4.69, 9.17) is 0 Å². The van der Waals surface area contributed by atoms with E-state index in [0.717, 1.165) is 6.42 Å². The first-order valence-corrected chi connectivity index (χ1v) is 4.53. The minimum absolute atomic E-state index is 0. The molecule has 15 heavy (non-hydrogen) atoms. The maximum Gasteiger partial charge on any atom is -0.00258 e. The largest absolute Gasteiger partial charge is 0.344 e. The third-order valence-corrected chi connectivity index (χ3v) is 2.09. The topological polar surface area (TPSA) is 35.0 Å². The molecule has 0 saturated carbocycles. The van der Waals surface area contributed by atoms with Crippen LogP contribution in [0.15, 0.2) is 60.7 Å². The highest BCUT2D eigenvalue weighted by molar-refractivity contribution is 5.85. The summed E-state index contributed by atoms with van der Waals surface area (Å²) in [5.74, 6) is 0. The van der Waals surface area contributed by atoms with Crippen LogP contribution < -0.4 is 6.15 Å². The number of halogens is 1. The fourth-order valence-corrected chi connectivity index (χ4v) is 1.43. The van der Waals surface area contributed by atoms with Gasteiger partial charge < -0.3 is 6.15 Å². The molecule has 2 aromatic carbocycles. The Morgan fingerprint density at radius 3 is 1.27 bits per heavy atom. The van der Waals surface area contributed by atoms with Gasteiger partial charge in [0.05, 0.1) is 0 Å². The molecule has 0 spiro atoms. The Bertz CT molecular complexity index is 321. The van der Waals surface area contributed by atoms with Crippen molar-refractivity contribution in [2.45, 2.75) is 6.42 Å². The Hall–Kier alpha value is -1.31. The molecular weight excluding hydrogens is 206 g/mol. The van der Waals surface area contributed by atoms with Crippen LogP contribution >= 0.6 is 12.4 Å². The van der Waals surface area contributed by atoms with Gasteiger partial charge in [0.25, 0.3) is 0 Å². The summed E-state index contributed by atoms with van der Waals surface area (Å²) < 4.78 is 0. The number of hydrogen-bond acceptors (Lipinski definition) is 1. The smallest absolute Gasteiger partial charge is 0.00258 e. The molecule has 0 atom stereocenters. The molecule has 2 heteroatoms. The van der Waals surface area contributed by atoms with E-state index in [1.165, 1.54) is 11.1 Å². The lowest BCUT2D eigenvalue weighted by molar-refractivity contribution is 1.19. The predicted molar refractivity (Wildman–Crippen MR) is 68.0 cm³/mol. The number of hydrogen-bond donors (Lipinski definition) is 1. The highest BCUT2D eigenvalue weighted by atomic mass is 35.5. The van der Waals surface area contributed by atoms with Gasteiger partial charge in [-0.05, 0) is 17.5 Å². The molecule has 0 aliphatic heterocycles. The van der Waals surface area contributed by atoms with Crippen molar-refractivity contribution in [3.8, 4) is 0 Å². The van der Waals surface area contributed by atoms with Crippen LogP contribution in [0.1, 0.15) is 11.1 Å². The Morgan fingerprint density at radius 2 is 0.933 bits per heavy atom. The van der Waals surface area contributed by atoms with Crippen LogP contribution in [-0.2, 0) is 6.42 Å². The van der Waals surface area contributed by atoms with Gasteiger partial charge in [-0.15, -0.1) is 12.4 Å². The second kappa shape index (κ2) is 7.04. The zero-order valence-electron chi connectivity index (χ0n) is 8.60. The van der Waals surface area contributed by atoms with Crippen molar-refractivity contribution >= 4 is 12.4 Å². The van der Waals surface area contributed by atoms with Gasteiger partial charge >= 0.3 is 0 Å². The highest BCUT2D eigenvalue weighted by Gasteiger charge is 1.92. The van der Waals surface area contributed by atoms with E-state index in [9.17, 15) is 0 Å². The lowest BCUT2D eigenvalue weighted by Gasteiger charge is -2.00. The summed E-state index contributed by atoms with van der Waals surface area (Å²) in [5, 5.41) is 0. The second-order valence-corrected chi connectivity index (χ2v) is 3.15. The fraction of sp³-hybridized carbons (Fsp3) is 0.0769. The lowest BCUT2D eigenvalue weighted by Crippen LogP contribution is -1.85. The first kappa shape index (κ1) is 13.7. The molecule has 0 aromatic heterocycles. The van der Waals surface area contributed by atoms with Crippen molar-refractivity contribution in [3.63, 3.8) is 0 Å². The van der Waals surface area contributed by atoms with Crippen LogP contribution in [0.4, 0.5) is 0 Å². The minimum atomic E-state index is 0. The number of benzene rings is 2. The standard InChI is InChI=1S/C13H12.ClH.H3N/c1-3-7-12(8-4-1)11-13-9-5-2-6-10-13;;/h1-10H,11H2;1H;1H3. The van der Waals surface area contributed by atoms with E-state index in [1.807, 2.05) is 0 Å². The zero-order valence-corrected chi connectivity index (χ0v) is 9.41. The molecule has 0 saturated heterocycles. The van der Waals surface area contributed by atoms with Gasteiger partial charge in [-0.1, -0.05) is 60.7 Å².